The zero-order chi connectivity index (χ0) is 17.0. The highest BCUT2D eigenvalue weighted by molar-refractivity contribution is 7.98. The van der Waals surface area contributed by atoms with Gasteiger partial charge in [0.1, 0.15) is 11.4 Å². The number of hydrogen-bond donors (Lipinski definition) is 2. The van der Waals surface area contributed by atoms with Crippen LogP contribution in [-0.4, -0.2) is 36.4 Å². The Hall–Kier alpha value is -1.07. The van der Waals surface area contributed by atoms with E-state index in [1.165, 1.54) is 6.92 Å². The van der Waals surface area contributed by atoms with Crippen LogP contribution in [0.4, 0.5) is 19.0 Å². The summed E-state index contributed by atoms with van der Waals surface area (Å²) in [7, 11) is -3.63. The van der Waals surface area contributed by atoms with Crippen LogP contribution in [0, 0.1) is 0 Å². The van der Waals surface area contributed by atoms with Gasteiger partial charge in [-0.15, -0.1) is 0 Å². The molecular weight excluding hydrogens is 341 g/mol. The number of halogens is 3. The number of nitrogens with two attached hydrogens (primary N) is 1. The number of aromatic nitrogens is 2. The van der Waals surface area contributed by atoms with Crippen molar-refractivity contribution in [2.75, 3.05) is 18.1 Å². The molecule has 6 nitrogen and oxygen atoms in total. The Labute approximate surface area is 131 Å². The molecule has 22 heavy (non-hydrogen) atoms. The van der Waals surface area contributed by atoms with Crippen LogP contribution in [0.25, 0.3) is 0 Å². The van der Waals surface area contributed by atoms with Crippen LogP contribution >= 0.6 is 11.8 Å². The van der Waals surface area contributed by atoms with E-state index < -0.39 is 27.0 Å². The summed E-state index contributed by atoms with van der Waals surface area (Å²) in [6.45, 7) is 1.60. The monoisotopic (exact) mass is 358 g/mol. The topological polar surface area (TPSA) is 98.0 Å². The fourth-order valence-corrected chi connectivity index (χ4v) is 2.40. The van der Waals surface area contributed by atoms with Gasteiger partial charge in [0.2, 0.25) is 10.0 Å². The van der Waals surface area contributed by atoms with Crippen LogP contribution in [0.1, 0.15) is 25.3 Å². The van der Waals surface area contributed by atoms with Crippen LogP contribution in [0.5, 0.6) is 0 Å². The fraction of sp³-hybridized carbons (Fsp3) is 0.636. The van der Waals surface area contributed by atoms with Crippen molar-refractivity contribution in [2.24, 2.45) is 5.14 Å². The standard InChI is InChI=1S/C11H17F3N4O2S2/c1-7(22(15,19)20)4-3-5-16-9-8(11(12,13)14)6-17-10(18-9)21-2/h6-7H,3-5H2,1-2H3,(H2,15,19,20)(H,16,17,18). The smallest absolute Gasteiger partial charge is 0.369 e. The summed E-state index contributed by atoms with van der Waals surface area (Å²) in [4.78, 5) is 7.41. The van der Waals surface area contributed by atoms with Crippen molar-refractivity contribution < 1.29 is 21.6 Å². The molecule has 11 heteroatoms. The molecule has 1 unspecified atom stereocenters. The van der Waals surface area contributed by atoms with E-state index in [1.807, 2.05) is 0 Å². The Bertz CT molecular complexity index is 608. The number of alkyl halides is 3. The Morgan fingerprint density at radius 1 is 1.45 bits per heavy atom. The third-order valence-corrected chi connectivity index (χ3v) is 4.81. The largest absolute Gasteiger partial charge is 0.421 e. The number of sulfonamides is 1. The molecule has 0 saturated heterocycles. The van der Waals surface area contributed by atoms with Crippen molar-refractivity contribution in [3.8, 4) is 0 Å². The van der Waals surface area contributed by atoms with Crippen LogP contribution in [-0.2, 0) is 16.2 Å². The van der Waals surface area contributed by atoms with Gasteiger partial charge in [-0.05, 0) is 26.0 Å². The first-order valence-corrected chi connectivity index (χ1v) is 9.13. The molecule has 0 aliphatic carbocycles. The number of primary sulfonamides is 1. The average molecular weight is 358 g/mol. The molecular formula is C11H17F3N4O2S2. The van der Waals surface area contributed by atoms with Crippen LogP contribution in [0.3, 0.4) is 0 Å². The summed E-state index contributed by atoms with van der Waals surface area (Å²) in [6.07, 6.45) is -1.59. The molecule has 0 saturated carbocycles. The molecule has 0 aliphatic rings. The zero-order valence-corrected chi connectivity index (χ0v) is 13.6. The van der Waals surface area contributed by atoms with Crippen molar-refractivity contribution in [1.82, 2.24) is 9.97 Å². The van der Waals surface area contributed by atoms with E-state index in [-0.39, 0.29) is 23.9 Å². The summed E-state index contributed by atoms with van der Waals surface area (Å²) in [5.41, 5.74) is -0.954. The Balaban J connectivity index is 2.72. The minimum atomic E-state index is -4.56. The minimum Gasteiger partial charge on any atom is -0.369 e. The summed E-state index contributed by atoms with van der Waals surface area (Å²) >= 11 is 1.12. The SMILES string of the molecule is CSc1ncc(C(F)(F)F)c(NCCCC(C)S(N)(=O)=O)n1. The maximum atomic E-state index is 12.9. The average Bonchev–Trinajstić information content (AvgIpc) is 2.40. The molecule has 0 spiro atoms. The summed E-state index contributed by atoms with van der Waals surface area (Å²) < 4.78 is 60.7. The molecule has 0 radical (unpaired) electrons. The molecule has 0 bridgehead atoms. The first kappa shape index (κ1) is 19.0. The van der Waals surface area contributed by atoms with E-state index in [4.69, 9.17) is 5.14 Å². The van der Waals surface area contributed by atoms with E-state index in [9.17, 15) is 21.6 Å². The highest BCUT2D eigenvalue weighted by Gasteiger charge is 2.35. The highest BCUT2D eigenvalue weighted by Crippen LogP contribution is 2.34. The lowest BCUT2D eigenvalue weighted by Crippen LogP contribution is -2.26. The number of anilines is 1. The number of nitrogens with zero attached hydrogens (tertiary/aromatic N) is 2. The van der Waals surface area contributed by atoms with Gasteiger partial charge in [-0.1, -0.05) is 11.8 Å². The minimum absolute atomic E-state index is 0.147. The predicted molar refractivity (Wildman–Crippen MR) is 79.1 cm³/mol. The third-order valence-electron chi connectivity index (χ3n) is 2.90. The molecule has 1 rings (SSSR count). The predicted octanol–water partition coefficient (Wildman–Crippen LogP) is 2.09. The van der Waals surface area contributed by atoms with E-state index in [1.54, 1.807) is 6.26 Å². The van der Waals surface area contributed by atoms with Crippen molar-refractivity contribution in [3.05, 3.63) is 11.8 Å². The molecule has 0 fully saturated rings. The van der Waals surface area contributed by atoms with Gasteiger partial charge < -0.3 is 5.32 Å². The fourth-order valence-electron chi connectivity index (χ4n) is 1.57. The quantitative estimate of drug-likeness (QED) is 0.440. The lowest BCUT2D eigenvalue weighted by Gasteiger charge is -2.14. The number of hydrogen-bond acceptors (Lipinski definition) is 6. The molecule has 0 amide bonds. The van der Waals surface area contributed by atoms with Gasteiger partial charge in [0, 0.05) is 12.7 Å². The molecule has 0 aliphatic heterocycles. The van der Waals surface area contributed by atoms with Crippen molar-refractivity contribution in [3.63, 3.8) is 0 Å². The molecule has 3 N–H and O–H groups in total. The van der Waals surface area contributed by atoms with Gasteiger partial charge in [0.05, 0.1) is 5.25 Å². The summed E-state index contributed by atoms with van der Waals surface area (Å²) in [5.74, 6) is -0.310. The van der Waals surface area contributed by atoms with Crippen LogP contribution in [0.15, 0.2) is 11.4 Å². The molecule has 126 valence electrons. The van der Waals surface area contributed by atoms with Crippen molar-refractivity contribution >= 4 is 27.6 Å². The maximum absolute atomic E-state index is 12.9. The summed E-state index contributed by atoms with van der Waals surface area (Å²) in [6, 6.07) is 0. The van der Waals surface area contributed by atoms with Gasteiger partial charge >= 0.3 is 6.18 Å². The Morgan fingerprint density at radius 3 is 2.59 bits per heavy atom. The van der Waals surface area contributed by atoms with E-state index in [0.29, 0.717) is 6.42 Å². The second-order valence-corrected chi connectivity index (χ2v) is 7.34. The van der Waals surface area contributed by atoms with Crippen molar-refractivity contribution in [1.29, 1.82) is 0 Å². The van der Waals surface area contributed by atoms with Crippen LogP contribution in [0.2, 0.25) is 0 Å². The van der Waals surface area contributed by atoms with Gasteiger partial charge in [-0.3, -0.25) is 0 Å². The normalized spacial score (nSPS) is 13.9. The third kappa shape index (κ3) is 5.61. The van der Waals surface area contributed by atoms with Gasteiger partial charge in [-0.2, -0.15) is 13.2 Å². The van der Waals surface area contributed by atoms with E-state index in [0.717, 1.165) is 18.0 Å². The zero-order valence-electron chi connectivity index (χ0n) is 12.0. The molecule has 1 aromatic rings. The number of rotatable bonds is 7. The lowest BCUT2D eigenvalue weighted by atomic mass is 10.2. The Morgan fingerprint density at radius 2 is 2.09 bits per heavy atom. The van der Waals surface area contributed by atoms with Gasteiger partial charge in [0.25, 0.3) is 0 Å². The first-order chi connectivity index (χ1) is 10.1. The molecule has 1 aromatic heterocycles. The number of thioether (sulfide) groups is 1. The first-order valence-electron chi connectivity index (χ1n) is 6.29. The Kier molecular flexibility index (Phi) is 6.44. The molecule has 1 heterocycles. The highest BCUT2D eigenvalue weighted by atomic mass is 32.2. The van der Waals surface area contributed by atoms with E-state index >= 15 is 0 Å². The molecule has 1 atom stereocenters. The van der Waals surface area contributed by atoms with E-state index in [2.05, 4.69) is 15.3 Å². The number of nitrogens with one attached hydrogen (secondary N) is 1. The second-order valence-electron chi connectivity index (χ2n) is 4.59. The van der Waals surface area contributed by atoms with Gasteiger partial charge in [-0.25, -0.2) is 23.5 Å². The lowest BCUT2D eigenvalue weighted by molar-refractivity contribution is -0.137. The van der Waals surface area contributed by atoms with Crippen molar-refractivity contribution in [2.45, 2.75) is 36.3 Å². The van der Waals surface area contributed by atoms with Crippen LogP contribution < -0.4 is 10.5 Å². The second kappa shape index (κ2) is 7.47. The van der Waals surface area contributed by atoms with Gasteiger partial charge in [0.15, 0.2) is 5.16 Å². The summed E-state index contributed by atoms with van der Waals surface area (Å²) in [5, 5.41) is 7.02. The molecule has 0 aromatic carbocycles. The maximum Gasteiger partial charge on any atom is 0.421 e.